The molecule has 0 atom stereocenters. The Hall–Kier alpha value is -1.74. The van der Waals surface area contributed by atoms with Gasteiger partial charge < -0.3 is 4.98 Å². The first-order chi connectivity index (χ1) is 13.9. The minimum Gasteiger partial charge on any atom is -0.338 e. The maximum Gasteiger partial charge on any atom is 0.244 e. The predicted molar refractivity (Wildman–Crippen MR) is 115 cm³/mol. The third kappa shape index (κ3) is 4.12. The number of hydrogen-bond acceptors (Lipinski definition) is 3. The van der Waals surface area contributed by atoms with Crippen molar-refractivity contribution in [2.45, 2.75) is 24.2 Å². The van der Waals surface area contributed by atoms with Gasteiger partial charge in [-0.1, -0.05) is 18.0 Å². The minimum absolute atomic E-state index is 0.0843. The van der Waals surface area contributed by atoms with E-state index in [1.807, 2.05) is 0 Å². The van der Waals surface area contributed by atoms with E-state index in [1.165, 1.54) is 10.4 Å². The Morgan fingerprint density at radius 2 is 1.79 bits per heavy atom. The molecular formula is C20H18BrClFN3O2S. The summed E-state index contributed by atoms with van der Waals surface area (Å²) in [4.78, 5) is 7.61. The number of halogens is 3. The van der Waals surface area contributed by atoms with Crippen LogP contribution in [0.3, 0.4) is 0 Å². The van der Waals surface area contributed by atoms with Crippen LogP contribution >= 0.6 is 27.5 Å². The highest BCUT2D eigenvalue weighted by atomic mass is 79.9. The number of rotatable bonds is 4. The first kappa shape index (κ1) is 20.5. The van der Waals surface area contributed by atoms with Crippen LogP contribution in [0.15, 0.2) is 52.0 Å². The van der Waals surface area contributed by atoms with Crippen LogP contribution in [0.5, 0.6) is 0 Å². The molecule has 29 heavy (non-hydrogen) atoms. The highest BCUT2D eigenvalue weighted by molar-refractivity contribution is 9.10. The molecule has 3 aromatic rings. The molecule has 152 valence electrons. The third-order valence-corrected chi connectivity index (χ3v) is 7.93. The van der Waals surface area contributed by atoms with E-state index in [0.29, 0.717) is 34.6 Å². The van der Waals surface area contributed by atoms with E-state index in [9.17, 15) is 12.8 Å². The molecule has 0 unspecified atom stereocenters. The van der Waals surface area contributed by atoms with Crippen molar-refractivity contribution in [1.29, 1.82) is 0 Å². The summed E-state index contributed by atoms with van der Waals surface area (Å²) in [5.74, 6) is 0.158. The lowest BCUT2D eigenvalue weighted by atomic mass is 10.2. The molecule has 2 aromatic carbocycles. The third-order valence-electron chi connectivity index (χ3n) is 4.94. The van der Waals surface area contributed by atoms with E-state index < -0.39 is 10.0 Å². The van der Waals surface area contributed by atoms with Gasteiger partial charge >= 0.3 is 0 Å². The molecule has 0 radical (unpaired) electrons. The predicted octanol–water partition coefficient (Wildman–Crippen LogP) is 5.47. The number of H-pyrrole nitrogens is 1. The Labute approximate surface area is 182 Å². The molecule has 0 saturated carbocycles. The molecule has 1 N–H and O–H groups in total. The molecule has 1 aromatic heterocycles. The number of imidazole rings is 1. The lowest BCUT2D eigenvalue weighted by molar-refractivity contribution is 0.346. The van der Waals surface area contributed by atoms with Crippen LogP contribution in [-0.4, -0.2) is 35.8 Å². The summed E-state index contributed by atoms with van der Waals surface area (Å²) in [7, 11) is -3.67. The molecule has 4 rings (SSSR count). The van der Waals surface area contributed by atoms with Gasteiger partial charge in [-0.2, -0.15) is 4.31 Å². The number of sulfonamides is 1. The molecule has 0 spiro atoms. The monoisotopic (exact) mass is 497 g/mol. The fourth-order valence-electron chi connectivity index (χ4n) is 3.37. The van der Waals surface area contributed by atoms with Gasteiger partial charge in [0.1, 0.15) is 16.5 Å². The van der Waals surface area contributed by atoms with Gasteiger partial charge in [0.25, 0.3) is 0 Å². The smallest absolute Gasteiger partial charge is 0.244 e. The van der Waals surface area contributed by atoms with Crippen LogP contribution in [0.1, 0.15) is 19.3 Å². The normalized spacial score (nSPS) is 15.6. The van der Waals surface area contributed by atoms with Gasteiger partial charge in [-0.3, -0.25) is 0 Å². The van der Waals surface area contributed by atoms with E-state index in [2.05, 4.69) is 25.9 Å². The molecule has 2 heterocycles. The number of benzene rings is 2. The van der Waals surface area contributed by atoms with Gasteiger partial charge in [0.15, 0.2) is 0 Å². The van der Waals surface area contributed by atoms with Crippen molar-refractivity contribution in [3.63, 3.8) is 0 Å². The largest absolute Gasteiger partial charge is 0.338 e. The summed E-state index contributed by atoms with van der Waals surface area (Å²) in [5.41, 5.74) is 2.06. The molecule has 9 heteroatoms. The number of piperidine rings is 1. The summed E-state index contributed by atoms with van der Waals surface area (Å²) >= 11 is 9.42. The first-order valence-electron chi connectivity index (χ1n) is 9.17. The fourth-order valence-corrected chi connectivity index (χ4v) is 5.77. The zero-order valence-corrected chi connectivity index (χ0v) is 18.5. The molecular weight excluding hydrogens is 481 g/mol. The van der Waals surface area contributed by atoms with E-state index in [1.54, 1.807) is 36.5 Å². The van der Waals surface area contributed by atoms with Crippen molar-refractivity contribution in [1.82, 2.24) is 14.3 Å². The first-order valence-corrected chi connectivity index (χ1v) is 11.8. The summed E-state index contributed by atoms with van der Waals surface area (Å²) in [5, 5.41) is 0.188. The summed E-state index contributed by atoms with van der Waals surface area (Å²) in [6.45, 7) is 1.01. The van der Waals surface area contributed by atoms with E-state index in [4.69, 9.17) is 11.6 Å². The second kappa shape index (κ2) is 8.18. The van der Waals surface area contributed by atoms with Gasteiger partial charge in [0.2, 0.25) is 10.0 Å². The molecule has 5 nitrogen and oxygen atoms in total. The molecule has 1 saturated heterocycles. The highest BCUT2D eigenvalue weighted by Crippen LogP contribution is 2.32. The van der Waals surface area contributed by atoms with E-state index >= 15 is 0 Å². The fraction of sp³-hybridized carbons (Fsp3) is 0.250. The molecule has 1 aliphatic heterocycles. The van der Waals surface area contributed by atoms with Crippen LogP contribution in [0.2, 0.25) is 5.02 Å². The van der Waals surface area contributed by atoms with Gasteiger partial charge in [-0.15, -0.1) is 0 Å². The number of nitrogens with zero attached hydrogens (tertiary/aromatic N) is 2. The number of aromatic amines is 1. The van der Waals surface area contributed by atoms with E-state index in [0.717, 1.165) is 24.8 Å². The van der Waals surface area contributed by atoms with Gasteiger partial charge in [-0.25, -0.2) is 17.8 Å². The zero-order chi connectivity index (χ0) is 20.6. The maximum atomic E-state index is 13.5. The molecule has 0 aliphatic carbocycles. The lowest BCUT2D eigenvalue weighted by Crippen LogP contribution is -2.35. The van der Waals surface area contributed by atoms with Gasteiger partial charge in [0.05, 0.1) is 21.4 Å². The Morgan fingerprint density at radius 3 is 2.52 bits per heavy atom. The van der Waals surface area contributed by atoms with Crippen molar-refractivity contribution in [2.75, 3.05) is 13.1 Å². The summed E-state index contributed by atoms with van der Waals surface area (Å²) in [6.07, 6.45) is 4.37. The standard InChI is InChI=1S/C20H18BrClFN3O2S/c21-15-10-13(5-7-17(15)23)18-12-24-20(25-18)14-4-6-16(22)19(11-14)29(27,28)26-8-2-1-3-9-26/h4-7,10-12H,1-3,8-9H2,(H,24,25). The van der Waals surface area contributed by atoms with Crippen LogP contribution in [-0.2, 0) is 10.0 Å². The molecule has 1 aliphatic rings. The SMILES string of the molecule is O=S(=O)(c1cc(-c2ncc(-c3ccc(F)c(Br)c3)[nH]2)ccc1Cl)N1CCCCC1. The van der Waals surface area contributed by atoms with Crippen LogP contribution < -0.4 is 0 Å². The van der Waals surface area contributed by atoms with Crippen molar-refractivity contribution in [3.05, 3.63) is 57.9 Å². The van der Waals surface area contributed by atoms with E-state index in [-0.39, 0.29) is 15.7 Å². The quantitative estimate of drug-likeness (QED) is 0.518. The topological polar surface area (TPSA) is 66.1 Å². The maximum absolute atomic E-state index is 13.5. The van der Waals surface area contributed by atoms with Gasteiger partial charge in [0, 0.05) is 24.2 Å². The van der Waals surface area contributed by atoms with Crippen molar-refractivity contribution >= 4 is 37.6 Å². The van der Waals surface area contributed by atoms with Crippen molar-refractivity contribution in [3.8, 4) is 22.6 Å². The Balaban J connectivity index is 1.69. The summed E-state index contributed by atoms with van der Waals surface area (Å²) in [6, 6.07) is 9.51. The van der Waals surface area contributed by atoms with Gasteiger partial charge in [-0.05, 0) is 65.2 Å². The van der Waals surface area contributed by atoms with Crippen molar-refractivity contribution in [2.24, 2.45) is 0 Å². The van der Waals surface area contributed by atoms with Crippen LogP contribution in [0.4, 0.5) is 4.39 Å². The number of hydrogen-bond donors (Lipinski definition) is 1. The average Bonchev–Trinajstić information content (AvgIpc) is 3.21. The molecule has 0 amide bonds. The number of aromatic nitrogens is 2. The lowest BCUT2D eigenvalue weighted by Gasteiger charge is -2.26. The average molecular weight is 499 g/mol. The van der Waals surface area contributed by atoms with Crippen LogP contribution in [0.25, 0.3) is 22.6 Å². The zero-order valence-electron chi connectivity index (χ0n) is 15.3. The molecule has 0 bridgehead atoms. The Kier molecular flexibility index (Phi) is 5.79. The second-order valence-corrected chi connectivity index (χ2v) is 10.1. The molecule has 1 fully saturated rings. The Bertz CT molecular complexity index is 1160. The minimum atomic E-state index is -3.67. The number of nitrogens with one attached hydrogen (secondary N) is 1. The Morgan fingerprint density at radius 1 is 1.07 bits per heavy atom. The van der Waals surface area contributed by atoms with Crippen LogP contribution in [0, 0.1) is 5.82 Å². The summed E-state index contributed by atoms with van der Waals surface area (Å²) < 4.78 is 41.4. The van der Waals surface area contributed by atoms with Crippen molar-refractivity contribution < 1.29 is 12.8 Å². The highest BCUT2D eigenvalue weighted by Gasteiger charge is 2.28. The second-order valence-electron chi connectivity index (χ2n) is 6.88.